The summed E-state index contributed by atoms with van der Waals surface area (Å²) in [4.78, 5) is 18.9. The summed E-state index contributed by atoms with van der Waals surface area (Å²) in [6, 6.07) is 16.7. The lowest BCUT2D eigenvalue weighted by molar-refractivity contribution is -0.115. The predicted molar refractivity (Wildman–Crippen MR) is 88.0 cm³/mol. The fraction of sp³-hybridized carbons (Fsp3) is 0.333. The van der Waals surface area contributed by atoms with Crippen LogP contribution in [0.4, 0.5) is 0 Å². The largest absolute Gasteiger partial charge is 0.300 e. The highest BCUT2D eigenvalue weighted by Gasteiger charge is 1.85. The van der Waals surface area contributed by atoms with E-state index in [9.17, 15) is 9.59 Å². The molecule has 0 unspecified atom stereocenters. The second kappa shape index (κ2) is 13.5. The first-order valence-corrected chi connectivity index (χ1v) is 6.81. The van der Waals surface area contributed by atoms with Crippen LogP contribution in [0.1, 0.15) is 41.5 Å². The minimum atomic E-state index is 0.167. The van der Waals surface area contributed by atoms with Crippen molar-refractivity contribution < 1.29 is 9.59 Å². The van der Waals surface area contributed by atoms with Crippen molar-refractivity contribution in [2.24, 2.45) is 0 Å². The zero-order chi connectivity index (χ0) is 16.0. The second-order valence-corrected chi connectivity index (χ2v) is 4.16. The van der Waals surface area contributed by atoms with E-state index in [1.54, 1.807) is 0 Å². The number of benzene rings is 2. The van der Waals surface area contributed by atoms with Crippen molar-refractivity contribution in [3.8, 4) is 0 Å². The Bertz CT molecular complexity index is 416. The van der Waals surface area contributed by atoms with Crippen LogP contribution in [-0.2, 0) is 9.59 Å². The Morgan fingerprint density at radius 3 is 0.900 bits per heavy atom. The van der Waals surface area contributed by atoms with Crippen molar-refractivity contribution in [3.05, 3.63) is 48.5 Å². The van der Waals surface area contributed by atoms with Crippen LogP contribution in [0.3, 0.4) is 0 Å². The van der Waals surface area contributed by atoms with Crippen LogP contribution in [0.5, 0.6) is 0 Å². The number of carbonyl (C=O) groups is 2. The topological polar surface area (TPSA) is 34.1 Å². The highest BCUT2D eigenvalue weighted by atomic mass is 16.1. The molecule has 0 N–H and O–H groups in total. The fourth-order valence-corrected chi connectivity index (χ4v) is 1.13. The molecule has 2 aromatic rings. The molecule has 2 nitrogen and oxygen atoms in total. The zero-order valence-corrected chi connectivity index (χ0v) is 13.4. The van der Waals surface area contributed by atoms with Crippen LogP contribution in [0, 0.1) is 0 Å². The molecule has 0 radical (unpaired) electrons. The quantitative estimate of drug-likeness (QED) is 0.673. The third kappa shape index (κ3) is 14.1. The van der Waals surface area contributed by atoms with Gasteiger partial charge in [-0.05, 0) is 38.5 Å². The molecular weight excluding hydrogens is 248 g/mol. The molecule has 0 aromatic heterocycles. The van der Waals surface area contributed by atoms with Crippen LogP contribution in [0.2, 0.25) is 0 Å². The molecule has 0 fully saturated rings. The number of fused-ring (bicyclic) bond motifs is 1. The number of Topliss-reactive ketones (excluding diaryl/α,β-unsaturated/α-hetero) is 2. The van der Waals surface area contributed by atoms with Gasteiger partial charge in [0.05, 0.1) is 0 Å². The molecule has 0 aliphatic heterocycles. The van der Waals surface area contributed by atoms with E-state index in [0.29, 0.717) is 0 Å². The van der Waals surface area contributed by atoms with Crippen molar-refractivity contribution in [2.45, 2.75) is 41.5 Å². The first-order valence-electron chi connectivity index (χ1n) is 6.81. The zero-order valence-electron chi connectivity index (χ0n) is 13.4. The Labute approximate surface area is 122 Å². The van der Waals surface area contributed by atoms with E-state index >= 15 is 0 Å². The molecule has 20 heavy (non-hydrogen) atoms. The molecule has 0 saturated carbocycles. The molecule has 0 spiro atoms. The minimum absolute atomic E-state index is 0.167. The summed E-state index contributed by atoms with van der Waals surface area (Å²) in [5, 5.41) is 2.62. The van der Waals surface area contributed by atoms with Gasteiger partial charge in [-0.1, -0.05) is 62.4 Å². The maximum Gasteiger partial charge on any atom is 0.126 e. The smallest absolute Gasteiger partial charge is 0.126 e. The first-order chi connectivity index (χ1) is 9.43. The van der Waals surface area contributed by atoms with Gasteiger partial charge in [0.1, 0.15) is 11.6 Å². The molecule has 2 aromatic carbocycles. The normalized spacial score (nSPS) is 7.90. The molecule has 2 rings (SSSR count). The third-order valence-corrected chi connectivity index (χ3v) is 1.66. The van der Waals surface area contributed by atoms with E-state index in [0.717, 1.165) is 0 Å². The van der Waals surface area contributed by atoms with Gasteiger partial charge in [0.25, 0.3) is 0 Å². The predicted octanol–water partition coefficient (Wildman–Crippen LogP) is 5.06. The Morgan fingerprint density at radius 1 is 0.600 bits per heavy atom. The molecule has 0 atom stereocenters. The van der Waals surface area contributed by atoms with E-state index in [1.165, 1.54) is 38.5 Å². The molecular formula is C18H26O2. The summed E-state index contributed by atoms with van der Waals surface area (Å²) in [7, 11) is 0. The SMILES string of the molecule is CC.CC(C)=O.CC(C)=O.c1ccc2ccccc2c1. The van der Waals surface area contributed by atoms with Crippen LogP contribution < -0.4 is 0 Å². The van der Waals surface area contributed by atoms with Gasteiger partial charge >= 0.3 is 0 Å². The number of carbonyl (C=O) groups excluding carboxylic acids is 2. The van der Waals surface area contributed by atoms with Gasteiger partial charge in [-0.3, -0.25) is 0 Å². The maximum atomic E-state index is 9.44. The lowest BCUT2D eigenvalue weighted by Crippen LogP contribution is -1.69. The van der Waals surface area contributed by atoms with E-state index in [1.807, 2.05) is 13.8 Å². The molecule has 0 saturated heterocycles. The van der Waals surface area contributed by atoms with Gasteiger partial charge < -0.3 is 9.59 Å². The van der Waals surface area contributed by atoms with Crippen molar-refractivity contribution in [3.63, 3.8) is 0 Å². The molecule has 0 bridgehead atoms. The monoisotopic (exact) mass is 274 g/mol. The summed E-state index contributed by atoms with van der Waals surface area (Å²) < 4.78 is 0. The number of ketones is 2. The van der Waals surface area contributed by atoms with Crippen molar-refractivity contribution in [2.75, 3.05) is 0 Å². The van der Waals surface area contributed by atoms with Crippen LogP contribution in [0.15, 0.2) is 48.5 Å². The van der Waals surface area contributed by atoms with Gasteiger partial charge in [-0.15, -0.1) is 0 Å². The number of hydrogen-bond donors (Lipinski definition) is 0. The second-order valence-electron chi connectivity index (χ2n) is 4.16. The lowest BCUT2D eigenvalue weighted by Gasteiger charge is -1.92. The van der Waals surface area contributed by atoms with E-state index in [4.69, 9.17) is 0 Å². The summed E-state index contributed by atoms with van der Waals surface area (Å²) in [6.45, 7) is 10.1. The first kappa shape index (κ1) is 20.4. The molecule has 2 heteroatoms. The Kier molecular flexibility index (Phi) is 13.7. The lowest BCUT2D eigenvalue weighted by atomic mass is 10.1. The van der Waals surface area contributed by atoms with Crippen molar-refractivity contribution in [1.82, 2.24) is 0 Å². The van der Waals surface area contributed by atoms with E-state index in [-0.39, 0.29) is 11.6 Å². The maximum absolute atomic E-state index is 9.44. The van der Waals surface area contributed by atoms with Gasteiger partial charge in [0, 0.05) is 0 Å². The van der Waals surface area contributed by atoms with Gasteiger partial charge in [0.2, 0.25) is 0 Å². The Balaban J connectivity index is 0. The molecule has 0 aliphatic carbocycles. The van der Waals surface area contributed by atoms with Crippen molar-refractivity contribution >= 4 is 22.3 Å². The van der Waals surface area contributed by atoms with Crippen molar-refractivity contribution in [1.29, 1.82) is 0 Å². The highest BCUT2D eigenvalue weighted by molar-refractivity contribution is 5.82. The van der Waals surface area contributed by atoms with E-state index < -0.39 is 0 Å². The van der Waals surface area contributed by atoms with Crippen LogP contribution in [0.25, 0.3) is 10.8 Å². The average Bonchev–Trinajstić information content (AvgIpc) is 2.40. The average molecular weight is 274 g/mol. The van der Waals surface area contributed by atoms with Gasteiger partial charge in [0.15, 0.2) is 0 Å². The number of rotatable bonds is 0. The Hall–Kier alpha value is -1.96. The molecule has 0 aliphatic rings. The Morgan fingerprint density at radius 2 is 0.750 bits per heavy atom. The van der Waals surface area contributed by atoms with Gasteiger partial charge in [-0.2, -0.15) is 0 Å². The number of hydrogen-bond acceptors (Lipinski definition) is 2. The van der Waals surface area contributed by atoms with Crippen LogP contribution in [-0.4, -0.2) is 11.6 Å². The third-order valence-electron chi connectivity index (χ3n) is 1.66. The summed E-state index contributed by atoms with van der Waals surface area (Å²) in [6.07, 6.45) is 0. The summed E-state index contributed by atoms with van der Waals surface area (Å²) in [5.41, 5.74) is 0. The summed E-state index contributed by atoms with van der Waals surface area (Å²) in [5.74, 6) is 0.333. The summed E-state index contributed by atoms with van der Waals surface area (Å²) >= 11 is 0. The fourth-order valence-electron chi connectivity index (χ4n) is 1.13. The molecule has 0 heterocycles. The standard InChI is InChI=1S/C10H8.2C3H6O.C2H6/c1-2-6-10-8-4-3-7-9(10)5-1;2*1-3(2)4;1-2/h1-8H;2*1-2H3;1-2H3. The minimum Gasteiger partial charge on any atom is -0.300 e. The van der Waals surface area contributed by atoms with E-state index in [2.05, 4.69) is 48.5 Å². The van der Waals surface area contributed by atoms with Crippen LogP contribution >= 0.6 is 0 Å². The molecule has 0 amide bonds. The molecule has 110 valence electrons. The van der Waals surface area contributed by atoms with Gasteiger partial charge in [-0.25, -0.2) is 0 Å². The highest BCUT2D eigenvalue weighted by Crippen LogP contribution is 2.11.